The van der Waals surface area contributed by atoms with Crippen molar-refractivity contribution < 1.29 is 9.53 Å². The minimum absolute atomic E-state index is 0.196. The molecule has 0 radical (unpaired) electrons. The lowest BCUT2D eigenvalue weighted by Gasteiger charge is -2.20. The summed E-state index contributed by atoms with van der Waals surface area (Å²) >= 11 is 0. The zero-order chi connectivity index (χ0) is 22.3. The molecular weight excluding hydrogens is 386 g/mol. The van der Waals surface area contributed by atoms with Gasteiger partial charge in [0.1, 0.15) is 43.0 Å². The van der Waals surface area contributed by atoms with Gasteiger partial charge in [-0.1, -0.05) is 21.9 Å². The number of anilines is 1. The number of imidazole rings is 1. The summed E-state index contributed by atoms with van der Waals surface area (Å²) in [5.41, 5.74) is 6.84. The number of hydrogen-bond acceptors (Lipinski definition) is 5. The van der Waals surface area contributed by atoms with Gasteiger partial charge >= 0.3 is 0 Å². The van der Waals surface area contributed by atoms with E-state index in [-0.39, 0.29) is 5.91 Å². The summed E-state index contributed by atoms with van der Waals surface area (Å²) in [6, 6.07) is 5.70. The average molecular weight is 407 g/mol. The van der Waals surface area contributed by atoms with Gasteiger partial charge in [0.05, 0.1) is 36.5 Å². The Labute approximate surface area is 184 Å². The van der Waals surface area contributed by atoms with E-state index in [9.17, 15) is 4.79 Å². The summed E-state index contributed by atoms with van der Waals surface area (Å²) in [6.07, 6.45) is 5.23. The molecule has 0 unspecified atom stereocenters. The minimum Gasteiger partial charge on any atom is -0.498 e. The largest absolute Gasteiger partial charge is 0.498 e. The van der Waals surface area contributed by atoms with E-state index in [4.69, 9.17) is 9.72 Å². The molecule has 0 fully saturated rings. The lowest BCUT2D eigenvalue weighted by atomic mass is 9.66. The van der Waals surface area contributed by atoms with Crippen LogP contribution in [0.5, 0.6) is 5.75 Å². The van der Waals surface area contributed by atoms with Gasteiger partial charge in [0.2, 0.25) is 0 Å². The quantitative estimate of drug-likeness (QED) is 0.353. The summed E-state index contributed by atoms with van der Waals surface area (Å²) < 4.78 is 7.44. The molecule has 0 atom stereocenters. The molecule has 3 aromatic heterocycles. The number of rotatable bonds is 4. The van der Waals surface area contributed by atoms with Gasteiger partial charge in [-0.05, 0) is 12.1 Å². The summed E-state index contributed by atoms with van der Waals surface area (Å²) in [5, 5.41) is 3.84. The van der Waals surface area contributed by atoms with Gasteiger partial charge in [-0.25, -0.2) is 15.0 Å². The summed E-state index contributed by atoms with van der Waals surface area (Å²) in [7, 11) is 11.4. The SMILES string of the molecule is Bc1c(B)c(C(=O)Nc2cc3nc(-c4cncn4C)ccc3cn2)c(B)c(B)c1OC. The molecule has 7 nitrogen and oxygen atoms in total. The molecular formula is C20H21B4N5O2. The van der Waals surface area contributed by atoms with Crippen LogP contribution < -0.4 is 31.9 Å². The van der Waals surface area contributed by atoms with Crippen molar-refractivity contribution in [3.05, 3.63) is 42.5 Å². The highest BCUT2D eigenvalue weighted by molar-refractivity contribution is 6.61. The third-order valence-electron chi connectivity index (χ3n) is 5.88. The number of fused-ring (bicyclic) bond motifs is 1. The average Bonchev–Trinajstić information content (AvgIpc) is 3.18. The number of aromatic nitrogens is 4. The van der Waals surface area contributed by atoms with E-state index in [1.807, 2.05) is 55.1 Å². The first kappa shape index (κ1) is 20.8. The number of carbonyl (C=O) groups excluding carboxylic acids is 1. The van der Waals surface area contributed by atoms with E-state index in [2.05, 4.69) is 15.3 Å². The van der Waals surface area contributed by atoms with Crippen LogP contribution in [0.3, 0.4) is 0 Å². The minimum atomic E-state index is -0.196. The van der Waals surface area contributed by atoms with E-state index in [0.717, 1.165) is 49.9 Å². The van der Waals surface area contributed by atoms with Crippen molar-refractivity contribution in [1.29, 1.82) is 0 Å². The molecule has 4 aromatic rings. The van der Waals surface area contributed by atoms with Crippen molar-refractivity contribution in [2.45, 2.75) is 0 Å². The second-order valence-electron chi connectivity index (χ2n) is 7.71. The molecule has 0 spiro atoms. The van der Waals surface area contributed by atoms with Gasteiger partial charge in [0.25, 0.3) is 5.91 Å². The molecule has 11 heteroatoms. The smallest absolute Gasteiger partial charge is 0.255 e. The number of amides is 1. The maximum absolute atomic E-state index is 13.2. The van der Waals surface area contributed by atoms with E-state index in [1.165, 1.54) is 0 Å². The second kappa shape index (κ2) is 7.98. The van der Waals surface area contributed by atoms with Crippen molar-refractivity contribution in [2.75, 3.05) is 12.4 Å². The number of nitrogens with zero attached hydrogens (tertiary/aromatic N) is 4. The number of pyridine rings is 2. The van der Waals surface area contributed by atoms with Crippen LogP contribution in [0.25, 0.3) is 22.3 Å². The zero-order valence-corrected chi connectivity index (χ0v) is 18.6. The van der Waals surface area contributed by atoms with Crippen LogP contribution in [0, 0.1) is 0 Å². The Bertz CT molecular complexity index is 1310. The molecule has 3 heterocycles. The molecule has 31 heavy (non-hydrogen) atoms. The molecule has 4 rings (SSSR count). The fourth-order valence-electron chi connectivity index (χ4n) is 3.94. The molecule has 0 aliphatic heterocycles. The van der Waals surface area contributed by atoms with Gasteiger partial charge in [0, 0.05) is 30.3 Å². The molecule has 0 saturated carbocycles. The fourth-order valence-corrected chi connectivity index (χ4v) is 3.94. The highest BCUT2D eigenvalue weighted by atomic mass is 16.5. The van der Waals surface area contributed by atoms with Gasteiger partial charge < -0.3 is 14.6 Å². The first-order valence-corrected chi connectivity index (χ1v) is 10.0. The number of benzene rings is 1. The van der Waals surface area contributed by atoms with E-state index in [1.54, 1.807) is 31.9 Å². The number of aryl methyl sites for hydroxylation is 1. The highest BCUT2D eigenvalue weighted by Crippen LogP contribution is 2.21. The van der Waals surface area contributed by atoms with Gasteiger partial charge in [-0.2, -0.15) is 0 Å². The van der Waals surface area contributed by atoms with Crippen molar-refractivity contribution in [3.8, 4) is 17.1 Å². The molecule has 0 aliphatic rings. The van der Waals surface area contributed by atoms with Crippen LogP contribution in [0.15, 0.2) is 36.9 Å². The van der Waals surface area contributed by atoms with Crippen molar-refractivity contribution in [3.63, 3.8) is 0 Å². The lowest BCUT2D eigenvalue weighted by Crippen LogP contribution is -2.47. The Balaban J connectivity index is 1.70. The summed E-state index contributed by atoms with van der Waals surface area (Å²) in [6.45, 7) is 0. The van der Waals surface area contributed by atoms with Crippen LogP contribution in [0.2, 0.25) is 0 Å². The van der Waals surface area contributed by atoms with Gasteiger partial charge in [-0.3, -0.25) is 4.79 Å². The number of ether oxygens (including phenoxy) is 1. The van der Waals surface area contributed by atoms with Gasteiger partial charge in [0.15, 0.2) is 0 Å². The van der Waals surface area contributed by atoms with Crippen LogP contribution in [0.1, 0.15) is 10.4 Å². The first-order chi connectivity index (χ1) is 14.8. The zero-order valence-electron chi connectivity index (χ0n) is 18.6. The highest BCUT2D eigenvalue weighted by Gasteiger charge is 2.20. The second-order valence-corrected chi connectivity index (χ2v) is 7.71. The summed E-state index contributed by atoms with van der Waals surface area (Å²) in [4.78, 5) is 26.5. The van der Waals surface area contributed by atoms with Crippen LogP contribution in [0.4, 0.5) is 5.82 Å². The number of methoxy groups -OCH3 is 1. The number of carbonyl (C=O) groups is 1. The van der Waals surface area contributed by atoms with Crippen molar-refractivity contribution >= 4 is 75.9 Å². The van der Waals surface area contributed by atoms with E-state index in [0.29, 0.717) is 11.4 Å². The number of hydrogen-bond donors (Lipinski definition) is 1. The maximum atomic E-state index is 13.2. The molecule has 0 aliphatic carbocycles. The molecule has 1 amide bonds. The Morgan fingerprint density at radius 3 is 2.39 bits per heavy atom. The normalized spacial score (nSPS) is 10.9. The maximum Gasteiger partial charge on any atom is 0.255 e. The summed E-state index contributed by atoms with van der Waals surface area (Å²) in [5.74, 6) is 1.08. The topological polar surface area (TPSA) is 81.9 Å². The molecule has 1 aromatic carbocycles. The Kier molecular flexibility index (Phi) is 5.35. The van der Waals surface area contributed by atoms with Crippen molar-refractivity contribution in [2.24, 2.45) is 7.05 Å². The fraction of sp³-hybridized carbons (Fsp3) is 0.100. The Morgan fingerprint density at radius 2 is 1.77 bits per heavy atom. The van der Waals surface area contributed by atoms with E-state index >= 15 is 0 Å². The van der Waals surface area contributed by atoms with Crippen LogP contribution >= 0.6 is 0 Å². The van der Waals surface area contributed by atoms with E-state index < -0.39 is 0 Å². The number of nitrogens with one attached hydrogen (secondary N) is 1. The molecule has 1 N–H and O–H groups in total. The third kappa shape index (κ3) is 3.60. The van der Waals surface area contributed by atoms with Crippen LogP contribution in [-0.2, 0) is 7.05 Å². The predicted molar refractivity (Wildman–Crippen MR) is 135 cm³/mol. The standard InChI is InChI=1S/C20H21B4N5O2/c1-29-8-25-7-12(29)10-4-3-9-6-26-13(5-11(9)27-10)28-20(30)14-15(21)17(23)19(31-2)18(24)16(14)22/h3-8H,21-24H2,1-2H3,(H,26,28,30). The Hall–Kier alpha value is -3.48. The molecule has 0 bridgehead atoms. The first-order valence-electron chi connectivity index (χ1n) is 10.0. The Morgan fingerprint density at radius 1 is 1.06 bits per heavy atom. The third-order valence-corrected chi connectivity index (χ3v) is 5.88. The van der Waals surface area contributed by atoms with Gasteiger partial charge in [-0.15, -0.1) is 0 Å². The molecule has 0 saturated heterocycles. The van der Waals surface area contributed by atoms with Crippen molar-refractivity contribution in [1.82, 2.24) is 19.5 Å². The molecule has 150 valence electrons. The van der Waals surface area contributed by atoms with Crippen LogP contribution in [-0.4, -0.2) is 63.9 Å². The predicted octanol–water partition coefficient (Wildman–Crippen LogP) is -3.68. The lowest BCUT2D eigenvalue weighted by molar-refractivity contribution is 0.102. The monoisotopic (exact) mass is 407 g/mol.